The fourth-order valence-electron chi connectivity index (χ4n) is 4.83. The van der Waals surface area contributed by atoms with E-state index < -0.39 is 13.3 Å². The number of anilines is 3. The van der Waals surface area contributed by atoms with E-state index >= 15 is 0 Å². The number of hydrogen-bond acceptors (Lipinski definition) is 6. The maximum Gasteiger partial charge on any atom is 0.224 e. The summed E-state index contributed by atoms with van der Waals surface area (Å²) in [7, 11) is 0. The van der Waals surface area contributed by atoms with Gasteiger partial charge in [0.15, 0.2) is 5.65 Å². The second kappa shape index (κ2) is 9.36. The number of hydrogen-bond donors (Lipinski definition) is 3. The third-order valence-electron chi connectivity index (χ3n) is 6.41. The molecule has 32 heavy (non-hydrogen) atoms. The largest absolute Gasteiger partial charge is 0.351 e. The van der Waals surface area contributed by atoms with Crippen LogP contribution >= 0.6 is 0 Å². The van der Waals surface area contributed by atoms with Crippen LogP contribution in [-0.4, -0.2) is 38.7 Å². The lowest BCUT2D eigenvalue weighted by molar-refractivity contribution is 0.377. The zero-order valence-corrected chi connectivity index (χ0v) is 18.1. The van der Waals surface area contributed by atoms with Crippen molar-refractivity contribution in [2.24, 2.45) is 0 Å². The van der Waals surface area contributed by atoms with Crippen LogP contribution in [0.3, 0.4) is 0 Å². The summed E-state index contributed by atoms with van der Waals surface area (Å²) in [5.74, 6) is 1.25. The van der Waals surface area contributed by atoms with Crippen molar-refractivity contribution in [3.63, 3.8) is 0 Å². The molecule has 2 fully saturated rings. The lowest BCUT2D eigenvalue weighted by Gasteiger charge is -2.26. The second-order valence-electron chi connectivity index (χ2n) is 8.75. The summed E-state index contributed by atoms with van der Waals surface area (Å²) in [4.78, 5) is 14.1. The summed E-state index contributed by atoms with van der Waals surface area (Å²) in [6.45, 7) is 0.556. The number of nitrogens with zero attached hydrogens (tertiary/aromatic N) is 4. The molecule has 3 N–H and O–H groups in total. The van der Waals surface area contributed by atoms with Gasteiger partial charge in [0, 0.05) is 17.8 Å². The minimum atomic E-state index is -0.644. The van der Waals surface area contributed by atoms with Gasteiger partial charge >= 0.3 is 0 Å². The van der Waals surface area contributed by atoms with Gasteiger partial charge < -0.3 is 16.0 Å². The van der Waals surface area contributed by atoms with Crippen molar-refractivity contribution < 1.29 is 8.78 Å². The fraction of sp³-hybridized carbons (Fsp3) is 0.522. The molecule has 0 unspecified atom stereocenters. The van der Waals surface area contributed by atoms with Gasteiger partial charge in [-0.05, 0) is 62.0 Å². The van der Waals surface area contributed by atoms with Gasteiger partial charge in [-0.15, -0.1) is 0 Å². The fourth-order valence-corrected chi connectivity index (χ4v) is 4.83. The van der Waals surface area contributed by atoms with Crippen LogP contribution in [0.5, 0.6) is 0 Å². The average molecular weight is 442 g/mol. The highest BCUT2D eigenvalue weighted by molar-refractivity contribution is 5.76. The number of imidazole rings is 1. The predicted molar refractivity (Wildman–Crippen MR) is 122 cm³/mol. The van der Waals surface area contributed by atoms with Crippen molar-refractivity contribution in [2.75, 3.05) is 23.7 Å². The number of rotatable bonds is 7. The maximum atomic E-state index is 13.3. The van der Waals surface area contributed by atoms with E-state index in [9.17, 15) is 8.78 Å². The van der Waals surface area contributed by atoms with Gasteiger partial charge in [-0.3, -0.25) is 4.57 Å². The summed E-state index contributed by atoms with van der Waals surface area (Å²) < 4.78 is 28.7. The second-order valence-corrected chi connectivity index (χ2v) is 8.75. The molecule has 5 rings (SSSR count). The quantitative estimate of drug-likeness (QED) is 0.489. The molecule has 9 heteroatoms. The Morgan fingerprint density at radius 2 is 1.69 bits per heavy atom. The van der Waals surface area contributed by atoms with E-state index in [0.717, 1.165) is 44.4 Å². The molecule has 0 radical (unpaired) electrons. The first-order chi connectivity index (χ1) is 15.7. The highest BCUT2D eigenvalue weighted by Crippen LogP contribution is 2.31. The molecule has 2 aliphatic rings. The summed E-state index contributed by atoms with van der Waals surface area (Å²) >= 11 is 0. The highest BCUT2D eigenvalue weighted by atomic mass is 19.1. The molecule has 1 aliphatic carbocycles. The van der Waals surface area contributed by atoms with Crippen molar-refractivity contribution in [2.45, 2.75) is 64.0 Å². The van der Waals surface area contributed by atoms with Crippen molar-refractivity contribution in [1.29, 1.82) is 0 Å². The first kappa shape index (κ1) is 21.1. The van der Waals surface area contributed by atoms with Gasteiger partial charge in [-0.2, -0.15) is 4.98 Å². The van der Waals surface area contributed by atoms with Gasteiger partial charge in [0.2, 0.25) is 11.9 Å². The summed E-state index contributed by atoms with van der Waals surface area (Å²) in [5, 5.41) is 10.2. The zero-order valence-electron chi connectivity index (χ0n) is 18.1. The first-order valence-corrected chi connectivity index (χ1v) is 11.5. The first-order valence-electron chi connectivity index (χ1n) is 11.5. The third kappa shape index (κ3) is 4.39. The van der Waals surface area contributed by atoms with E-state index in [1.807, 2.05) is 0 Å². The molecule has 1 saturated heterocycles. The Bertz CT molecular complexity index is 1050. The molecule has 2 aromatic heterocycles. The lowest BCUT2D eigenvalue weighted by Crippen LogP contribution is -2.30. The van der Waals surface area contributed by atoms with E-state index in [-0.39, 0.29) is 6.04 Å². The number of fused-ring (bicyclic) bond motifs is 1. The molecule has 1 saturated carbocycles. The van der Waals surface area contributed by atoms with Gasteiger partial charge in [0.25, 0.3) is 0 Å². The molecule has 3 heterocycles. The molecular formula is C23H29F2N7. The Labute approximate surface area is 186 Å². The van der Waals surface area contributed by atoms with Crippen LogP contribution in [0.1, 0.15) is 55.7 Å². The average Bonchev–Trinajstić information content (AvgIpc) is 3.46. The lowest BCUT2D eigenvalue weighted by atomic mass is 10.1. The number of aromatic nitrogens is 4. The Balaban J connectivity index is 1.53. The van der Waals surface area contributed by atoms with Crippen molar-refractivity contribution in [1.82, 2.24) is 24.8 Å². The Morgan fingerprint density at radius 1 is 0.969 bits per heavy atom. The molecule has 0 amide bonds. The van der Waals surface area contributed by atoms with E-state index in [0.29, 0.717) is 40.3 Å². The number of piperidine rings is 1. The molecule has 0 atom stereocenters. The van der Waals surface area contributed by atoms with Crippen molar-refractivity contribution >= 4 is 28.7 Å². The van der Waals surface area contributed by atoms with E-state index in [4.69, 9.17) is 9.97 Å². The topological polar surface area (TPSA) is 79.7 Å². The van der Waals surface area contributed by atoms with Crippen LogP contribution in [0.2, 0.25) is 0 Å². The number of alkyl halides is 2. The Hall–Kier alpha value is -2.81. The van der Waals surface area contributed by atoms with Gasteiger partial charge in [0.1, 0.15) is 18.9 Å². The van der Waals surface area contributed by atoms with Crippen LogP contribution in [0, 0.1) is 0 Å². The van der Waals surface area contributed by atoms with Crippen molar-refractivity contribution in [3.05, 3.63) is 35.5 Å². The van der Waals surface area contributed by atoms with Crippen molar-refractivity contribution in [3.8, 4) is 0 Å². The summed E-state index contributed by atoms with van der Waals surface area (Å²) in [6.07, 6.45) is 8.42. The molecule has 1 aromatic carbocycles. The monoisotopic (exact) mass is 441 g/mol. The number of halogens is 2. The Morgan fingerprint density at radius 3 is 2.38 bits per heavy atom. The zero-order chi connectivity index (χ0) is 21.9. The minimum absolute atomic E-state index is 0.225. The minimum Gasteiger partial charge on any atom is -0.351 e. The van der Waals surface area contributed by atoms with Crippen LogP contribution in [0.25, 0.3) is 11.2 Å². The molecule has 0 bridgehead atoms. The normalized spacial score (nSPS) is 17.8. The molecular weight excluding hydrogens is 412 g/mol. The number of benzene rings is 1. The Kier molecular flexibility index (Phi) is 6.16. The van der Waals surface area contributed by atoms with Crippen LogP contribution in [-0.2, 0) is 13.3 Å². The molecule has 0 spiro atoms. The number of nitrogens with one attached hydrogen (secondary N) is 3. The van der Waals surface area contributed by atoms with Crippen LogP contribution in [0.15, 0.2) is 24.4 Å². The van der Waals surface area contributed by atoms with Crippen LogP contribution in [0.4, 0.5) is 26.4 Å². The van der Waals surface area contributed by atoms with E-state index in [1.165, 1.54) is 12.8 Å². The van der Waals surface area contributed by atoms with Gasteiger partial charge in [-0.25, -0.2) is 18.7 Å². The standard InChI is InChI=1S/C23H29F2N7/c24-12-15-9-16(13-25)11-18(10-15)29-23-30-20-14-27-22(28-17-3-1-2-4-17)31-21(20)32(23)19-5-7-26-8-6-19/h9-11,14,17,19,26H,1-8,12-13H2,(H,29,30)(H,27,28,31). The van der Waals surface area contributed by atoms with Gasteiger partial charge in [0.05, 0.1) is 6.20 Å². The molecule has 1 aliphatic heterocycles. The molecule has 7 nitrogen and oxygen atoms in total. The summed E-state index contributed by atoms with van der Waals surface area (Å²) in [6, 6.07) is 5.59. The summed E-state index contributed by atoms with van der Waals surface area (Å²) in [5.41, 5.74) is 2.98. The molecule has 170 valence electrons. The molecule has 3 aromatic rings. The third-order valence-corrected chi connectivity index (χ3v) is 6.41. The SMILES string of the molecule is FCc1cc(CF)cc(Nc2nc3cnc(NC4CCCC4)nc3n2C2CCNCC2)c1. The van der Waals surface area contributed by atoms with E-state index in [2.05, 4.69) is 25.5 Å². The van der Waals surface area contributed by atoms with Crippen LogP contribution < -0.4 is 16.0 Å². The smallest absolute Gasteiger partial charge is 0.224 e. The maximum absolute atomic E-state index is 13.3. The van der Waals surface area contributed by atoms with Gasteiger partial charge in [-0.1, -0.05) is 18.9 Å². The van der Waals surface area contributed by atoms with E-state index in [1.54, 1.807) is 24.4 Å². The predicted octanol–water partition coefficient (Wildman–Crippen LogP) is 4.79. The highest BCUT2D eigenvalue weighted by Gasteiger charge is 2.24.